The molecule has 224 valence electrons. The number of benzene rings is 3. The predicted molar refractivity (Wildman–Crippen MR) is 174 cm³/mol. The Kier molecular flexibility index (Phi) is 8.77. The lowest BCUT2D eigenvalue weighted by molar-refractivity contribution is 0.418. The molecule has 0 saturated carbocycles. The molecule has 3 aromatic carbocycles. The fourth-order valence-corrected chi connectivity index (χ4v) is 6.40. The smallest absolute Gasteiger partial charge is 0.119 e. The Morgan fingerprint density at radius 1 is 0.463 bits per heavy atom. The van der Waals surface area contributed by atoms with Crippen LogP contribution in [0.25, 0.3) is 0 Å². The van der Waals surface area contributed by atoms with Crippen LogP contribution >= 0.6 is 0 Å². The summed E-state index contributed by atoms with van der Waals surface area (Å²) < 4.78 is 0. The third-order valence-electron chi connectivity index (χ3n) is 9.05. The largest absolute Gasteiger partial charge is 0.508 e. The SMILES string of the molecule is Cc1cc(O)c(C(C)(C)C)cc1C(C)C(C)C(c1cc(C(C)(C)C)c(O)cc1C)c1cc(C(C)(C)C)c(O)cc1C. The molecular weight excluding hydrogens is 504 g/mol. The van der Waals surface area contributed by atoms with Crippen LogP contribution in [0.1, 0.15) is 138 Å². The summed E-state index contributed by atoms with van der Waals surface area (Å²) in [5.74, 6) is 1.36. The summed E-state index contributed by atoms with van der Waals surface area (Å²) >= 11 is 0. The highest BCUT2D eigenvalue weighted by molar-refractivity contribution is 5.54. The number of aryl methyl sites for hydroxylation is 3. The molecule has 3 aromatic rings. The first-order chi connectivity index (χ1) is 18.6. The van der Waals surface area contributed by atoms with E-state index in [1.165, 1.54) is 16.7 Å². The quantitative estimate of drug-likeness (QED) is 0.292. The first-order valence-electron chi connectivity index (χ1n) is 15.1. The Balaban J connectivity index is 2.37. The molecule has 2 atom stereocenters. The van der Waals surface area contributed by atoms with Gasteiger partial charge in [0.15, 0.2) is 0 Å². The van der Waals surface area contributed by atoms with E-state index < -0.39 is 0 Å². The van der Waals surface area contributed by atoms with Gasteiger partial charge >= 0.3 is 0 Å². The number of hydrogen-bond donors (Lipinski definition) is 3. The summed E-state index contributed by atoms with van der Waals surface area (Å²) in [7, 11) is 0. The summed E-state index contributed by atoms with van der Waals surface area (Å²) in [4.78, 5) is 0. The molecule has 0 heterocycles. The Bertz CT molecular complexity index is 1350. The minimum absolute atomic E-state index is 0.0136. The molecule has 0 aliphatic rings. The lowest BCUT2D eigenvalue weighted by atomic mass is 9.69. The minimum atomic E-state index is -0.221. The molecule has 0 radical (unpaired) electrons. The Hall–Kier alpha value is -2.94. The van der Waals surface area contributed by atoms with Gasteiger partial charge in [-0.05, 0) is 117 Å². The Labute approximate surface area is 249 Å². The molecular formula is C38H54O3. The monoisotopic (exact) mass is 558 g/mol. The van der Waals surface area contributed by atoms with Gasteiger partial charge in [0.2, 0.25) is 0 Å². The van der Waals surface area contributed by atoms with E-state index in [0.717, 1.165) is 33.4 Å². The topological polar surface area (TPSA) is 60.7 Å². The molecule has 41 heavy (non-hydrogen) atoms. The zero-order valence-electron chi connectivity index (χ0n) is 28.0. The van der Waals surface area contributed by atoms with Gasteiger partial charge < -0.3 is 15.3 Å². The van der Waals surface area contributed by atoms with E-state index in [9.17, 15) is 15.3 Å². The minimum Gasteiger partial charge on any atom is -0.508 e. The van der Waals surface area contributed by atoms with Gasteiger partial charge in [0.25, 0.3) is 0 Å². The van der Waals surface area contributed by atoms with Crippen LogP contribution in [-0.2, 0) is 16.2 Å². The van der Waals surface area contributed by atoms with Crippen LogP contribution in [0.15, 0.2) is 36.4 Å². The van der Waals surface area contributed by atoms with Gasteiger partial charge in [0.05, 0.1) is 0 Å². The maximum atomic E-state index is 11.0. The van der Waals surface area contributed by atoms with Crippen molar-refractivity contribution in [3.05, 3.63) is 86.5 Å². The molecule has 3 N–H and O–H groups in total. The van der Waals surface area contributed by atoms with Crippen LogP contribution in [0, 0.1) is 26.7 Å². The number of hydrogen-bond acceptors (Lipinski definition) is 3. The summed E-state index contributed by atoms with van der Waals surface area (Å²) in [5, 5.41) is 32.8. The maximum absolute atomic E-state index is 11.0. The van der Waals surface area contributed by atoms with E-state index in [1.807, 2.05) is 18.2 Å². The second-order valence-corrected chi connectivity index (χ2v) is 15.6. The van der Waals surface area contributed by atoms with Gasteiger partial charge in [0, 0.05) is 5.92 Å². The maximum Gasteiger partial charge on any atom is 0.119 e. The molecule has 0 aromatic heterocycles. The van der Waals surface area contributed by atoms with Crippen molar-refractivity contribution in [2.24, 2.45) is 5.92 Å². The second kappa shape index (κ2) is 11.0. The fraction of sp³-hybridized carbons (Fsp3) is 0.526. The van der Waals surface area contributed by atoms with Gasteiger partial charge in [0.1, 0.15) is 17.2 Å². The van der Waals surface area contributed by atoms with Crippen molar-refractivity contribution in [2.75, 3.05) is 0 Å². The number of rotatable bonds is 5. The average Bonchev–Trinajstić information content (AvgIpc) is 2.78. The van der Waals surface area contributed by atoms with Gasteiger partial charge in [-0.3, -0.25) is 0 Å². The molecule has 0 fully saturated rings. The first kappa shape index (κ1) is 32.6. The van der Waals surface area contributed by atoms with E-state index in [4.69, 9.17) is 0 Å². The Morgan fingerprint density at radius 2 is 0.732 bits per heavy atom. The summed E-state index contributed by atoms with van der Waals surface area (Å²) in [5.41, 5.74) is 9.06. The standard InChI is InChI=1S/C38H54O3/c1-21-15-32(39)29(36(6,7)8)18-26(21)24(4)25(5)35(27-19-30(37(9,10)11)33(40)16-22(27)2)28-20-31(38(12,13)14)34(41)17-23(28)3/h15-20,24-25,35,39-41H,1-14H3. The van der Waals surface area contributed by atoms with E-state index in [-0.39, 0.29) is 34.0 Å². The van der Waals surface area contributed by atoms with Crippen LogP contribution in [0.3, 0.4) is 0 Å². The third kappa shape index (κ3) is 6.60. The highest BCUT2D eigenvalue weighted by Gasteiger charge is 2.34. The van der Waals surface area contributed by atoms with Crippen LogP contribution < -0.4 is 0 Å². The van der Waals surface area contributed by atoms with Crippen molar-refractivity contribution in [3.8, 4) is 17.2 Å². The first-order valence-corrected chi connectivity index (χ1v) is 15.1. The normalized spacial score (nSPS) is 14.4. The summed E-state index contributed by atoms with van der Waals surface area (Å²) in [6, 6.07) is 12.4. The highest BCUT2D eigenvalue weighted by atomic mass is 16.3. The number of phenolic OH excluding ortho intramolecular Hbond substituents is 3. The van der Waals surface area contributed by atoms with E-state index >= 15 is 0 Å². The molecule has 3 heteroatoms. The zero-order valence-corrected chi connectivity index (χ0v) is 28.0. The third-order valence-corrected chi connectivity index (χ3v) is 9.05. The van der Waals surface area contributed by atoms with Gasteiger partial charge in [-0.2, -0.15) is 0 Å². The van der Waals surface area contributed by atoms with Gasteiger partial charge in [-0.15, -0.1) is 0 Å². The second-order valence-electron chi connectivity index (χ2n) is 15.6. The molecule has 0 bridgehead atoms. The number of phenols is 3. The summed E-state index contributed by atoms with van der Waals surface area (Å²) in [6.45, 7) is 30.1. The molecule has 0 aliphatic heterocycles. The molecule has 0 saturated heterocycles. The van der Waals surface area contributed by atoms with Crippen LogP contribution in [0.4, 0.5) is 0 Å². The lowest BCUT2D eigenvalue weighted by Gasteiger charge is -2.35. The van der Waals surface area contributed by atoms with E-state index in [0.29, 0.717) is 17.2 Å². The molecule has 0 amide bonds. The predicted octanol–water partition coefficient (Wildman–Crippen LogP) is 10.2. The van der Waals surface area contributed by atoms with Crippen molar-refractivity contribution in [1.29, 1.82) is 0 Å². The van der Waals surface area contributed by atoms with Crippen molar-refractivity contribution >= 4 is 0 Å². The molecule has 0 spiro atoms. The lowest BCUT2D eigenvalue weighted by Crippen LogP contribution is -2.23. The van der Waals surface area contributed by atoms with E-state index in [1.54, 1.807) is 0 Å². The molecule has 3 nitrogen and oxygen atoms in total. The fourth-order valence-electron chi connectivity index (χ4n) is 6.40. The average molecular weight is 559 g/mol. The van der Waals surface area contributed by atoms with Gasteiger partial charge in [-0.25, -0.2) is 0 Å². The Morgan fingerprint density at radius 3 is 1.02 bits per heavy atom. The highest BCUT2D eigenvalue weighted by Crippen LogP contribution is 2.48. The summed E-state index contributed by atoms with van der Waals surface area (Å²) in [6.07, 6.45) is 0. The number of aromatic hydroxyl groups is 3. The molecule has 0 aliphatic carbocycles. The van der Waals surface area contributed by atoms with Crippen molar-refractivity contribution in [1.82, 2.24) is 0 Å². The van der Waals surface area contributed by atoms with Crippen LogP contribution in [-0.4, -0.2) is 15.3 Å². The van der Waals surface area contributed by atoms with Crippen molar-refractivity contribution in [3.63, 3.8) is 0 Å². The van der Waals surface area contributed by atoms with Crippen LogP contribution in [0.2, 0.25) is 0 Å². The zero-order chi connectivity index (χ0) is 31.4. The van der Waals surface area contributed by atoms with Gasteiger partial charge in [-0.1, -0.05) is 94.4 Å². The van der Waals surface area contributed by atoms with Crippen molar-refractivity contribution in [2.45, 2.75) is 125 Å². The molecule has 2 unspecified atom stereocenters. The van der Waals surface area contributed by atoms with Crippen LogP contribution in [0.5, 0.6) is 17.2 Å². The van der Waals surface area contributed by atoms with E-state index in [2.05, 4.69) is 115 Å². The molecule has 3 rings (SSSR count). The van der Waals surface area contributed by atoms with Crippen molar-refractivity contribution < 1.29 is 15.3 Å².